The average molecular weight is 374 g/mol. The van der Waals surface area contributed by atoms with Crippen molar-refractivity contribution in [1.82, 2.24) is 9.97 Å². The SMILES string of the molecule is Cc1ccc(-c2csc3nc(Cl)nc(N4CCCC4C(=O)O)c23)cc1. The Morgan fingerprint density at radius 1 is 1.32 bits per heavy atom. The number of carboxylic acids is 1. The highest BCUT2D eigenvalue weighted by Gasteiger charge is 2.33. The number of hydrogen-bond acceptors (Lipinski definition) is 5. The van der Waals surface area contributed by atoms with Crippen molar-refractivity contribution in [1.29, 1.82) is 0 Å². The molecule has 4 rings (SSSR count). The van der Waals surface area contributed by atoms with Gasteiger partial charge in [0.1, 0.15) is 16.7 Å². The lowest BCUT2D eigenvalue weighted by Crippen LogP contribution is -2.36. The molecule has 5 nitrogen and oxygen atoms in total. The van der Waals surface area contributed by atoms with Crippen LogP contribution in [0.5, 0.6) is 0 Å². The number of nitrogens with zero attached hydrogens (tertiary/aromatic N) is 3. The van der Waals surface area contributed by atoms with Gasteiger partial charge in [-0.25, -0.2) is 9.78 Å². The first-order valence-electron chi connectivity index (χ1n) is 8.06. The van der Waals surface area contributed by atoms with Crippen LogP contribution in [-0.2, 0) is 4.79 Å². The van der Waals surface area contributed by atoms with Gasteiger partial charge in [-0.05, 0) is 36.9 Å². The van der Waals surface area contributed by atoms with E-state index in [0.29, 0.717) is 18.8 Å². The number of carboxylic acid groups (broad SMARTS) is 1. The maximum Gasteiger partial charge on any atom is 0.326 e. The molecule has 1 N–H and O–H groups in total. The molecule has 0 radical (unpaired) electrons. The maximum atomic E-state index is 11.6. The zero-order chi connectivity index (χ0) is 17.6. The summed E-state index contributed by atoms with van der Waals surface area (Å²) in [6.07, 6.45) is 1.44. The van der Waals surface area contributed by atoms with Gasteiger partial charge in [-0.1, -0.05) is 29.8 Å². The molecule has 7 heteroatoms. The summed E-state index contributed by atoms with van der Waals surface area (Å²) >= 11 is 7.62. The zero-order valence-corrected chi connectivity index (χ0v) is 15.1. The van der Waals surface area contributed by atoms with E-state index in [1.165, 1.54) is 16.9 Å². The minimum Gasteiger partial charge on any atom is -0.480 e. The molecule has 25 heavy (non-hydrogen) atoms. The lowest BCUT2D eigenvalue weighted by molar-refractivity contribution is -0.138. The smallest absolute Gasteiger partial charge is 0.326 e. The molecule has 1 aliphatic heterocycles. The molecule has 0 amide bonds. The van der Waals surface area contributed by atoms with Crippen molar-refractivity contribution in [2.24, 2.45) is 0 Å². The number of aromatic nitrogens is 2. The predicted molar refractivity (Wildman–Crippen MR) is 101 cm³/mol. The first-order valence-corrected chi connectivity index (χ1v) is 9.31. The summed E-state index contributed by atoms with van der Waals surface area (Å²) in [7, 11) is 0. The van der Waals surface area contributed by atoms with Crippen LogP contribution >= 0.6 is 22.9 Å². The van der Waals surface area contributed by atoms with Crippen LogP contribution in [0.4, 0.5) is 5.82 Å². The van der Waals surface area contributed by atoms with Crippen LogP contribution in [0.1, 0.15) is 18.4 Å². The highest BCUT2D eigenvalue weighted by molar-refractivity contribution is 7.17. The summed E-state index contributed by atoms with van der Waals surface area (Å²) in [5, 5.41) is 12.6. The Balaban J connectivity index is 1.93. The normalized spacial score (nSPS) is 17.4. The summed E-state index contributed by atoms with van der Waals surface area (Å²) in [6, 6.07) is 7.68. The maximum absolute atomic E-state index is 11.6. The number of thiophene rings is 1. The van der Waals surface area contributed by atoms with E-state index in [-0.39, 0.29) is 5.28 Å². The lowest BCUT2D eigenvalue weighted by Gasteiger charge is -2.23. The molecule has 1 fully saturated rings. The monoisotopic (exact) mass is 373 g/mol. The molecule has 3 aromatic rings. The van der Waals surface area contributed by atoms with Crippen LogP contribution in [0.25, 0.3) is 21.3 Å². The summed E-state index contributed by atoms with van der Waals surface area (Å²) in [5.41, 5.74) is 3.27. The minimum absolute atomic E-state index is 0.149. The van der Waals surface area contributed by atoms with Crippen LogP contribution in [0.15, 0.2) is 29.6 Å². The van der Waals surface area contributed by atoms with Crippen LogP contribution in [0.2, 0.25) is 5.28 Å². The van der Waals surface area contributed by atoms with Gasteiger partial charge in [0.15, 0.2) is 0 Å². The summed E-state index contributed by atoms with van der Waals surface area (Å²) < 4.78 is 0. The largest absolute Gasteiger partial charge is 0.480 e. The Morgan fingerprint density at radius 3 is 2.80 bits per heavy atom. The van der Waals surface area contributed by atoms with Crippen LogP contribution in [-0.4, -0.2) is 33.6 Å². The van der Waals surface area contributed by atoms with Gasteiger partial charge in [0.2, 0.25) is 5.28 Å². The molecule has 128 valence electrons. The number of aryl methyl sites for hydroxylation is 1. The Bertz CT molecular complexity index is 955. The topological polar surface area (TPSA) is 66.3 Å². The Kier molecular flexibility index (Phi) is 4.09. The van der Waals surface area contributed by atoms with Crippen LogP contribution in [0, 0.1) is 6.92 Å². The van der Waals surface area contributed by atoms with E-state index < -0.39 is 12.0 Å². The number of anilines is 1. The van der Waals surface area contributed by atoms with Crippen molar-refractivity contribution >= 4 is 44.9 Å². The molecule has 0 saturated carbocycles. The third-order valence-electron chi connectivity index (χ3n) is 4.56. The second-order valence-electron chi connectivity index (χ2n) is 6.20. The molecule has 1 unspecified atom stereocenters. The Labute approximate surface area is 153 Å². The number of rotatable bonds is 3. The van der Waals surface area contributed by atoms with Crippen molar-refractivity contribution in [2.75, 3.05) is 11.4 Å². The first kappa shape index (κ1) is 16.3. The number of halogens is 1. The number of benzene rings is 1. The quantitative estimate of drug-likeness (QED) is 0.690. The number of fused-ring (bicyclic) bond motifs is 1. The molecule has 2 aromatic heterocycles. The van der Waals surface area contributed by atoms with Gasteiger partial charge >= 0.3 is 5.97 Å². The van der Waals surface area contributed by atoms with Crippen LogP contribution < -0.4 is 4.90 Å². The van der Waals surface area contributed by atoms with Crippen molar-refractivity contribution in [3.8, 4) is 11.1 Å². The van der Waals surface area contributed by atoms with Gasteiger partial charge in [-0.15, -0.1) is 11.3 Å². The molecule has 1 saturated heterocycles. The third kappa shape index (κ3) is 2.85. The van der Waals surface area contributed by atoms with Gasteiger partial charge in [0.25, 0.3) is 0 Å². The molecule has 0 bridgehead atoms. The molecule has 1 aromatic carbocycles. The number of carbonyl (C=O) groups is 1. The van der Waals surface area contributed by atoms with E-state index in [2.05, 4.69) is 34.2 Å². The predicted octanol–water partition coefficient (Wildman–Crippen LogP) is 4.37. The molecule has 1 aliphatic rings. The third-order valence-corrected chi connectivity index (χ3v) is 5.60. The molecule has 3 heterocycles. The number of hydrogen-bond donors (Lipinski definition) is 1. The van der Waals surface area contributed by atoms with E-state index >= 15 is 0 Å². The fraction of sp³-hybridized carbons (Fsp3) is 0.278. The molecular formula is C18H16ClN3O2S. The van der Waals surface area contributed by atoms with E-state index in [1.807, 2.05) is 17.2 Å². The highest BCUT2D eigenvalue weighted by Crippen LogP contribution is 2.40. The van der Waals surface area contributed by atoms with Gasteiger partial charge in [-0.2, -0.15) is 4.98 Å². The summed E-state index contributed by atoms with van der Waals surface area (Å²) in [5.74, 6) is -0.204. The molecule has 1 atom stereocenters. The van der Waals surface area contributed by atoms with Gasteiger partial charge in [0, 0.05) is 17.5 Å². The van der Waals surface area contributed by atoms with Gasteiger partial charge in [0.05, 0.1) is 5.39 Å². The average Bonchev–Trinajstić information content (AvgIpc) is 3.21. The Hall–Kier alpha value is -2.18. The summed E-state index contributed by atoms with van der Waals surface area (Å²) in [4.78, 5) is 23.0. The molecule has 0 spiro atoms. The van der Waals surface area contributed by atoms with Crippen molar-refractivity contribution in [2.45, 2.75) is 25.8 Å². The molecule has 0 aliphatic carbocycles. The highest BCUT2D eigenvalue weighted by atomic mass is 35.5. The van der Waals surface area contributed by atoms with Crippen molar-refractivity contribution in [3.63, 3.8) is 0 Å². The van der Waals surface area contributed by atoms with E-state index in [0.717, 1.165) is 27.8 Å². The number of aliphatic carboxylic acids is 1. The van der Waals surface area contributed by atoms with Gasteiger partial charge in [-0.3, -0.25) is 0 Å². The first-order chi connectivity index (χ1) is 12.0. The fourth-order valence-corrected chi connectivity index (χ4v) is 4.48. The standard InChI is InChI=1S/C18H16ClN3O2S/c1-10-4-6-11(7-5-10)12-9-25-16-14(12)15(20-18(19)21-16)22-8-2-3-13(22)17(23)24/h4-7,9,13H,2-3,8H2,1H3,(H,23,24). The van der Waals surface area contributed by atoms with E-state index in [1.54, 1.807) is 0 Å². The van der Waals surface area contributed by atoms with Gasteiger partial charge < -0.3 is 10.0 Å². The van der Waals surface area contributed by atoms with E-state index in [9.17, 15) is 9.90 Å². The van der Waals surface area contributed by atoms with Crippen molar-refractivity contribution in [3.05, 3.63) is 40.5 Å². The van der Waals surface area contributed by atoms with E-state index in [4.69, 9.17) is 11.6 Å². The minimum atomic E-state index is -0.826. The van der Waals surface area contributed by atoms with Crippen LogP contribution in [0.3, 0.4) is 0 Å². The Morgan fingerprint density at radius 2 is 2.08 bits per heavy atom. The second kappa shape index (κ2) is 6.28. The van der Waals surface area contributed by atoms with Crippen molar-refractivity contribution < 1.29 is 9.90 Å². The summed E-state index contributed by atoms with van der Waals surface area (Å²) in [6.45, 7) is 2.70. The fourth-order valence-electron chi connectivity index (χ4n) is 3.33. The second-order valence-corrected chi connectivity index (χ2v) is 7.40. The molecular weight excluding hydrogens is 358 g/mol. The zero-order valence-electron chi connectivity index (χ0n) is 13.6. The lowest BCUT2D eigenvalue weighted by atomic mass is 10.0.